The van der Waals surface area contributed by atoms with Gasteiger partial charge in [-0.15, -0.1) is 0 Å². The molecule has 0 aliphatic heterocycles. The molecule has 0 fully saturated rings. The fraction of sp³-hybridized carbons (Fsp3) is 0.0909. The molecule has 3 rings (SSSR count). The number of nitrogens with zero attached hydrogens (tertiary/aromatic N) is 2. The van der Waals surface area contributed by atoms with Crippen LogP contribution in [0.25, 0.3) is 0 Å². The molecule has 0 unspecified atom stereocenters. The van der Waals surface area contributed by atoms with Gasteiger partial charge in [0.05, 0.1) is 23.9 Å². The highest BCUT2D eigenvalue weighted by Gasteiger charge is 2.27. The molecule has 0 radical (unpaired) electrons. The lowest BCUT2D eigenvalue weighted by atomic mass is 10.2. The number of halogens is 1. The van der Waals surface area contributed by atoms with E-state index in [0.717, 1.165) is 14.3 Å². The van der Waals surface area contributed by atoms with Gasteiger partial charge >= 0.3 is 0 Å². The Kier molecular flexibility index (Phi) is 7.43. The highest BCUT2D eigenvalue weighted by atomic mass is 79.9. The van der Waals surface area contributed by atoms with E-state index < -0.39 is 22.5 Å². The Hall–Kier alpha value is -3.17. The van der Waals surface area contributed by atoms with Gasteiger partial charge in [-0.25, -0.2) is 13.8 Å². The van der Waals surface area contributed by atoms with Gasteiger partial charge in [0.15, 0.2) is 0 Å². The zero-order valence-electron chi connectivity index (χ0n) is 16.6. The van der Waals surface area contributed by atoms with Crippen molar-refractivity contribution in [2.45, 2.75) is 4.90 Å². The van der Waals surface area contributed by atoms with Crippen molar-refractivity contribution in [3.05, 3.63) is 88.9 Å². The van der Waals surface area contributed by atoms with E-state index in [-0.39, 0.29) is 4.90 Å². The highest BCUT2D eigenvalue weighted by Crippen LogP contribution is 2.25. The van der Waals surface area contributed by atoms with Gasteiger partial charge in [0.2, 0.25) is 0 Å². The van der Waals surface area contributed by atoms with Crippen LogP contribution in [0, 0.1) is 0 Å². The van der Waals surface area contributed by atoms with Gasteiger partial charge < -0.3 is 4.74 Å². The molecule has 0 saturated heterocycles. The standard InChI is InChI=1S/C22H20BrN3O4S/c1-30-20-13-7-17(8-14-20)15-24-25-22(27)16-26(19-11-9-18(23)10-12-19)31(28,29)21-5-3-2-4-6-21/h2-15H,16H2,1H3,(H,25,27)/b24-15+. The van der Waals surface area contributed by atoms with E-state index >= 15 is 0 Å². The molecule has 7 nitrogen and oxygen atoms in total. The Labute approximate surface area is 189 Å². The first-order valence-electron chi connectivity index (χ1n) is 9.19. The lowest BCUT2D eigenvalue weighted by Gasteiger charge is -2.23. The molecule has 0 spiro atoms. The lowest BCUT2D eigenvalue weighted by molar-refractivity contribution is -0.119. The van der Waals surface area contributed by atoms with Crippen LogP contribution in [0.2, 0.25) is 0 Å². The van der Waals surface area contributed by atoms with Crippen LogP contribution in [-0.4, -0.2) is 34.2 Å². The Balaban J connectivity index is 1.78. The molecule has 0 heterocycles. The third kappa shape index (κ3) is 5.93. The summed E-state index contributed by atoms with van der Waals surface area (Å²) in [6, 6.07) is 21.7. The number of amides is 1. The molecule has 0 aliphatic rings. The summed E-state index contributed by atoms with van der Waals surface area (Å²) in [6.07, 6.45) is 1.47. The number of hydrazone groups is 1. The molecule has 3 aromatic carbocycles. The first-order valence-corrected chi connectivity index (χ1v) is 11.4. The van der Waals surface area contributed by atoms with Crippen LogP contribution in [0.4, 0.5) is 5.69 Å². The Morgan fingerprint density at radius 3 is 2.29 bits per heavy atom. The summed E-state index contributed by atoms with van der Waals surface area (Å²) in [7, 11) is -2.38. The summed E-state index contributed by atoms with van der Waals surface area (Å²) in [5, 5.41) is 3.92. The summed E-state index contributed by atoms with van der Waals surface area (Å²) in [4.78, 5) is 12.6. The van der Waals surface area contributed by atoms with Crippen molar-refractivity contribution in [1.29, 1.82) is 0 Å². The molecular formula is C22H20BrN3O4S. The van der Waals surface area contributed by atoms with E-state index in [1.54, 1.807) is 73.8 Å². The summed E-state index contributed by atoms with van der Waals surface area (Å²) in [5.74, 6) is 0.129. The van der Waals surface area contributed by atoms with Crippen LogP contribution in [0.3, 0.4) is 0 Å². The normalized spacial score (nSPS) is 11.3. The number of hydrogen-bond donors (Lipinski definition) is 1. The number of ether oxygens (including phenoxy) is 1. The largest absolute Gasteiger partial charge is 0.497 e. The fourth-order valence-corrected chi connectivity index (χ4v) is 4.38. The maximum atomic E-state index is 13.2. The van der Waals surface area contributed by atoms with E-state index in [1.807, 2.05) is 0 Å². The molecule has 160 valence electrons. The minimum absolute atomic E-state index is 0.0902. The van der Waals surface area contributed by atoms with Gasteiger partial charge in [0.1, 0.15) is 12.3 Å². The van der Waals surface area contributed by atoms with Crippen LogP contribution in [0.1, 0.15) is 5.56 Å². The van der Waals surface area contributed by atoms with Crippen molar-refractivity contribution >= 4 is 43.8 Å². The van der Waals surface area contributed by atoms with Gasteiger partial charge in [-0.2, -0.15) is 5.10 Å². The number of nitrogens with one attached hydrogen (secondary N) is 1. The number of anilines is 1. The third-order valence-electron chi connectivity index (χ3n) is 4.25. The Morgan fingerprint density at radius 2 is 1.68 bits per heavy atom. The summed E-state index contributed by atoms with van der Waals surface area (Å²) < 4.78 is 33.3. The van der Waals surface area contributed by atoms with Crippen molar-refractivity contribution in [3.63, 3.8) is 0 Å². The predicted molar refractivity (Wildman–Crippen MR) is 124 cm³/mol. The second-order valence-electron chi connectivity index (χ2n) is 6.37. The Morgan fingerprint density at radius 1 is 1.03 bits per heavy atom. The zero-order valence-corrected chi connectivity index (χ0v) is 19.0. The minimum atomic E-state index is -3.96. The summed E-state index contributed by atoms with van der Waals surface area (Å²) in [5.41, 5.74) is 3.49. The second kappa shape index (κ2) is 10.2. The van der Waals surface area contributed by atoms with E-state index in [2.05, 4.69) is 26.5 Å². The predicted octanol–water partition coefficient (Wildman–Crippen LogP) is 3.80. The molecule has 31 heavy (non-hydrogen) atoms. The molecule has 1 N–H and O–H groups in total. The molecule has 9 heteroatoms. The first-order chi connectivity index (χ1) is 14.9. The van der Waals surface area contributed by atoms with Crippen LogP contribution in [0.5, 0.6) is 5.75 Å². The number of carbonyl (C=O) groups excluding carboxylic acids is 1. The van der Waals surface area contributed by atoms with E-state index in [1.165, 1.54) is 18.3 Å². The SMILES string of the molecule is COc1ccc(/C=N/NC(=O)CN(c2ccc(Br)cc2)S(=O)(=O)c2ccccc2)cc1. The van der Waals surface area contributed by atoms with Gasteiger partial charge in [-0.3, -0.25) is 9.10 Å². The maximum Gasteiger partial charge on any atom is 0.264 e. The van der Waals surface area contributed by atoms with E-state index in [4.69, 9.17) is 4.74 Å². The highest BCUT2D eigenvalue weighted by molar-refractivity contribution is 9.10. The van der Waals surface area contributed by atoms with Crippen molar-refractivity contribution in [3.8, 4) is 5.75 Å². The van der Waals surface area contributed by atoms with Crippen molar-refractivity contribution in [2.75, 3.05) is 18.0 Å². The van der Waals surface area contributed by atoms with Gasteiger partial charge in [-0.1, -0.05) is 34.1 Å². The smallest absolute Gasteiger partial charge is 0.264 e. The van der Waals surface area contributed by atoms with Crippen molar-refractivity contribution in [2.24, 2.45) is 5.10 Å². The van der Waals surface area contributed by atoms with Crippen LogP contribution in [-0.2, 0) is 14.8 Å². The van der Waals surface area contributed by atoms with Crippen molar-refractivity contribution < 1.29 is 17.9 Å². The number of methoxy groups -OCH3 is 1. The monoisotopic (exact) mass is 501 g/mol. The number of rotatable bonds is 8. The fourth-order valence-electron chi connectivity index (χ4n) is 2.68. The lowest BCUT2D eigenvalue weighted by Crippen LogP contribution is -2.39. The average molecular weight is 502 g/mol. The minimum Gasteiger partial charge on any atom is -0.497 e. The first kappa shape index (κ1) is 22.5. The van der Waals surface area contributed by atoms with Crippen molar-refractivity contribution in [1.82, 2.24) is 5.43 Å². The Bertz CT molecular complexity index is 1150. The van der Waals surface area contributed by atoms with Gasteiger partial charge in [0, 0.05) is 4.47 Å². The zero-order chi connectivity index (χ0) is 22.3. The number of sulfonamides is 1. The molecular weight excluding hydrogens is 482 g/mol. The molecule has 0 aromatic heterocycles. The molecule has 3 aromatic rings. The van der Waals surface area contributed by atoms with Crippen LogP contribution >= 0.6 is 15.9 Å². The summed E-state index contributed by atoms with van der Waals surface area (Å²) in [6.45, 7) is -0.432. The second-order valence-corrected chi connectivity index (χ2v) is 9.15. The summed E-state index contributed by atoms with van der Waals surface area (Å²) >= 11 is 3.33. The number of hydrogen-bond acceptors (Lipinski definition) is 5. The molecule has 0 atom stereocenters. The topological polar surface area (TPSA) is 88.1 Å². The molecule has 0 bridgehead atoms. The quantitative estimate of drug-likeness (QED) is 0.375. The maximum absolute atomic E-state index is 13.2. The third-order valence-corrected chi connectivity index (χ3v) is 6.57. The van der Waals surface area contributed by atoms with E-state index in [0.29, 0.717) is 11.4 Å². The van der Waals surface area contributed by atoms with Crippen LogP contribution in [0.15, 0.2) is 93.3 Å². The van der Waals surface area contributed by atoms with Gasteiger partial charge in [-0.05, 0) is 66.2 Å². The van der Waals surface area contributed by atoms with Crippen LogP contribution < -0.4 is 14.5 Å². The average Bonchev–Trinajstić information content (AvgIpc) is 2.79. The van der Waals surface area contributed by atoms with E-state index in [9.17, 15) is 13.2 Å². The molecule has 0 saturated carbocycles. The number of carbonyl (C=O) groups is 1. The van der Waals surface area contributed by atoms with Gasteiger partial charge in [0.25, 0.3) is 15.9 Å². The number of benzene rings is 3. The molecule has 1 amide bonds. The molecule has 0 aliphatic carbocycles.